The van der Waals surface area contributed by atoms with Gasteiger partial charge >= 0.3 is 327 Å². The monoisotopic (exact) mass is 825 g/mol. The summed E-state index contributed by atoms with van der Waals surface area (Å²) >= 11 is -5.08. The van der Waals surface area contributed by atoms with Crippen LogP contribution in [0.25, 0.3) is 34.4 Å². The Hall–Kier alpha value is -1.96. The van der Waals surface area contributed by atoms with Crippen LogP contribution in [0.1, 0.15) is 120 Å². The molecular formula is C48H61Cl2SiZr. The standard InChI is InChI=1S/2C23H27.C2H7Si.2ClH.Zr/c2*1-6-9-17-12-13-18-14-19(23(3,4)5)15-21(18)22(17)20-11-8-7-10-16(20)2;1-3-2;;;/h2*7-8,10-15H,6,9H2,1-5H3;3H,1-2H3;2*1H;/q;;;;;+2/p-2. The molecule has 52 heavy (non-hydrogen) atoms. The van der Waals surface area contributed by atoms with Crippen LogP contribution in [-0.4, -0.2) is 5.92 Å². The summed E-state index contributed by atoms with van der Waals surface area (Å²) in [5.74, 6) is -1.75. The predicted molar refractivity (Wildman–Crippen MR) is 232 cm³/mol. The van der Waals surface area contributed by atoms with E-state index in [-0.39, 0.29) is 18.1 Å². The summed E-state index contributed by atoms with van der Waals surface area (Å²) in [6.07, 6.45) is 9.43. The summed E-state index contributed by atoms with van der Waals surface area (Å²) in [7, 11) is 18.0. The molecule has 0 fully saturated rings. The summed E-state index contributed by atoms with van der Waals surface area (Å²) in [6.45, 7) is 28.4. The quantitative estimate of drug-likeness (QED) is 0.147. The topological polar surface area (TPSA) is 0 Å². The van der Waals surface area contributed by atoms with Gasteiger partial charge in [-0.05, 0) is 0 Å². The van der Waals surface area contributed by atoms with Crippen molar-refractivity contribution in [3.63, 3.8) is 0 Å². The van der Waals surface area contributed by atoms with Gasteiger partial charge in [0.15, 0.2) is 0 Å². The number of allylic oxidation sites excluding steroid dienone is 2. The van der Waals surface area contributed by atoms with Crippen LogP contribution in [0.2, 0.25) is 13.1 Å². The molecule has 2 unspecified atom stereocenters. The van der Waals surface area contributed by atoms with Crippen molar-refractivity contribution in [3.05, 3.63) is 128 Å². The van der Waals surface area contributed by atoms with Crippen LogP contribution in [-0.2, 0) is 28.4 Å². The van der Waals surface area contributed by atoms with Crippen molar-refractivity contribution in [2.45, 2.75) is 115 Å². The van der Waals surface area contributed by atoms with Gasteiger partial charge in [0.05, 0.1) is 0 Å². The summed E-state index contributed by atoms with van der Waals surface area (Å²) in [6, 6.07) is 27.6. The van der Waals surface area contributed by atoms with Crippen molar-refractivity contribution < 1.29 is 15.6 Å². The first kappa shape index (κ1) is 39.7. The number of benzene rings is 4. The van der Waals surface area contributed by atoms with E-state index in [1.54, 1.807) is 0 Å². The Morgan fingerprint density at radius 2 is 0.942 bits per heavy atom. The van der Waals surface area contributed by atoms with Crippen LogP contribution in [0.15, 0.2) is 83.9 Å². The number of rotatable bonds is 9. The van der Waals surface area contributed by atoms with Crippen molar-refractivity contribution in [1.29, 1.82) is 0 Å². The average molecular weight is 828 g/mol. The first-order valence-corrected chi connectivity index (χ1v) is 36.1. The normalized spacial score (nSPS) is 18.2. The van der Waals surface area contributed by atoms with Crippen LogP contribution >= 0.6 is 17.0 Å². The molecule has 0 heterocycles. The van der Waals surface area contributed by atoms with Gasteiger partial charge in [0.25, 0.3) is 0 Å². The fraction of sp³-hybridized carbons (Fsp3) is 0.417. The molecule has 2 atom stereocenters. The summed E-state index contributed by atoms with van der Waals surface area (Å²) in [5.41, 5.74) is 19.1. The molecular weight excluding hydrogens is 767 g/mol. The zero-order chi connectivity index (χ0) is 38.0. The third kappa shape index (κ3) is 6.48. The molecule has 4 aromatic carbocycles. The second-order valence-corrected chi connectivity index (χ2v) is 60.8. The van der Waals surface area contributed by atoms with Crippen molar-refractivity contribution in [3.8, 4) is 22.3 Å². The average Bonchev–Trinajstić information content (AvgIpc) is 3.68. The molecule has 0 saturated heterocycles. The third-order valence-electron chi connectivity index (χ3n) is 12.4. The molecule has 0 spiro atoms. The molecule has 6 rings (SSSR count). The number of fused-ring (bicyclic) bond motifs is 2. The molecule has 0 aromatic heterocycles. The Labute approximate surface area is 324 Å². The van der Waals surface area contributed by atoms with Crippen molar-refractivity contribution in [1.82, 2.24) is 0 Å². The van der Waals surface area contributed by atoms with Crippen molar-refractivity contribution in [2.75, 3.05) is 0 Å². The van der Waals surface area contributed by atoms with E-state index in [0.29, 0.717) is 0 Å². The number of hydrogen-bond acceptors (Lipinski definition) is 0. The van der Waals surface area contributed by atoms with Crippen molar-refractivity contribution >= 4 is 35.1 Å². The van der Waals surface area contributed by atoms with Crippen LogP contribution in [0, 0.1) is 24.7 Å². The first-order chi connectivity index (χ1) is 24.4. The van der Waals surface area contributed by atoms with E-state index in [2.05, 4.69) is 167 Å². The van der Waals surface area contributed by atoms with Gasteiger partial charge in [0.1, 0.15) is 0 Å². The minimum absolute atomic E-state index is 0.0313. The Bertz CT molecular complexity index is 1940. The summed E-state index contributed by atoms with van der Waals surface area (Å²) < 4.78 is 0.0626. The molecule has 0 radical (unpaired) electrons. The van der Waals surface area contributed by atoms with Gasteiger partial charge in [-0.2, -0.15) is 0 Å². The van der Waals surface area contributed by atoms with Gasteiger partial charge in [0, 0.05) is 0 Å². The molecule has 0 aliphatic heterocycles. The molecule has 2 aliphatic rings. The van der Waals surface area contributed by atoms with Crippen molar-refractivity contribution in [2.24, 2.45) is 10.8 Å². The molecule has 0 amide bonds. The van der Waals surface area contributed by atoms with Gasteiger partial charge < -0.3 is 0 Å². The van der Waals surface area contributed by atoms with E-state index in [4.69, 9.17) is 17.0 Å². The molecule has 0 N–H and O–H groups in total. The maximum atomic E-state index is 9.02. The number of aryl methyl sites for hydroxylation is 4. The van der Waals surface area contributed by atoms with Crippen LogP contribution < -0.4 is 0 Å². The molecule has 0 saturated carbocycles. The fourth-order valence-corrected chi connectivity index (χ4v) is 41.0. The Morgan fingerprint density at radius 1 is 0.577 bits per heavy atom. The first-order valence-electron chi connectivity index (χ1n) is 19.8. The van der Waals surface area contributed by atoms with Gasteiger partial charge in [-0.3, -0.25) is 0 Å². The molecule has 0 bridgehead atoms. The predicted octanol–water partition coefficient (Wildman–Crippen LogP) is 15.2. The van der Waals surface area contributed by atoms with Gasteiger partial charge in [0.2, 0.25) is 0 Å². The Kier molecular flexibility index (Phi) is 10.9. The van der Waals surface area contributed by atoms with E-state index < -0.39 is 21.5 Å². The molecule has 275 valence electrons. The third-order valence-corrected chi connectivity index (χ3v) is 63.9. The van der Waals surface area contributed by atoms with E-state index in [1.807, 2.05) is 0 Å². The molecule has 0 nitrogen and oxygen atoms in total. The SMILES string of the molecule is CCCc1ccc2c(c1-c1ccccc1C)C=C(C(C)(C)C)[CH]2[Zr]([Cl])([Cl])([CH]1C(C(C)(C)C)=Cc2c1ccc(CCC)c2-c1ccccc1C)[SiH](C)C. The second-order valence-electron chi connectivity index (χ2n) is 18.3. The van der Waals surface area contributed by atoms with Crippen LogP contribution in [0.5, 0.6) is 0 Å². The van der Waals surface area contributed by atoms with Crippen LogP contribution in [0.4, 0.5) is 0 Å². The van der Waals surface area contributed by atoms with Gasteiger partial charge in [-0.1, -0.05) is 0 Å². The Morgan fingerprint density at radius 3 is 1.25 bits per heavy atom. The van der Waals surface area contributed by atoms with Gasteiger partial charge in [-0.25, -0.2) is 0 Å². The zero-order valence-electron chi connectivity index (χ0n) is 33.9. The zero-order valence-corrected chi connectivity index (χ0v) is 39.0. The summed E-state index contributed by atoms with van der Waals surface area (Å²) in [5, 5.41) is 0. The second kappa shape index (κ2) is 14.3. The fourth-order valence-electron chi connectivity index (χ4n) is 9.61. The maximum absolute atomic E-state index is 9.02. The minimum atomic E-state index is -5.08. The number of hydrogen-bond donors (Lipinski definition) is 0. The van der Waals surface area contributed by atoms with Gasteiger partial charge in [-0.15, -0.1) is 0 Å². The Balaban J connectivity index is 1.72. The number of halogens is 2. The molecule has 2 aliphatic carbocycles. The van der Waals surface area contributed by atoms with E-state index in [9.17, 15) is 0 Å². The van der Waals surface area contributed by atoms with Crippen LogP contribution in [0.3, 0.4) is 0 Å². The van der Waals surface area contributed by atoms with E-state index >= 15 is 0 Å². The molecule has 4 heteroatoms. The van der Waals surface area contributed by atoms with E-state index in [1.165, 1.54) is 77.9 Å². The van der Waals surface area contributed by atoms with E-state index in [0.717, 1.165) is 25.7 Å². The summed E-state index contributed by atoms with van der Waals surface area (Å²) in [4.78, 5) is 0. The molecule has 4 aromatic rings.